The molecule has 4 aliphatic carbocycles. The molecule has 1 heterocycles. The molecule has 12 heteroatoms. The minimum absolute atomic E-state index is 0.0138. The summed E-state index contributed by atoms with van der Waals surface area (Å²) in [6.45, 7) is 7.96. The van der Waals surface area contributed by atoms with E-state index in [-0.39, 0.29) is 30.4 Å². The number of alkyl halides is 5. The number of amides is 2. The molecule has 262 valence electrons. The van der Waals surface area contributed by atoms with Crippen LogP contribution in [0.1, 0.15) is 94.5 Å². The maximum absolute atomic E-state index is 15.3. The number of piperazine rings is 1. The van der Waals surface area contributed by atoms with Crippen LogP contribution in [0.4, 0.5) is 26.7 Å². The van der Waals surface area contributed by atoms with Gasteiger partial charge in [0.2, 0.25) is 0 Å². The second kappa shape index (κ2) is 11.7. The van der Waals surface area contributed by atoms with Crippen molar-refractivity contribution < 1.29 is 46.2 Å². The van der Waals surface area contributed by atoms with Crippen LogP contribution in [-0.2, 0) is 9.53 Å². The summed E-state index contributed by atoms with van der Waals surface area (Å²) in [6, 6.07) is 6.74. The Labute approximate surface area is 277 Å². The monoisotopic (exact) mass is 678 g/mol. The number of allylic oxidation sites excluding steroid dienone is 4. The molecule has 0 spiro atoms. The second-order valence-corrected chi connectivity index (χ2v) is 15.3. The van der Waals surface area contributed by atoms with Crippen LogP contribution >= 0.6 is 0 Å². The van der Waals surface area contributed by atoms with Crippen molar-refractivity contribution in [2.24, 2.45) is 17.3 Å². The van der Waals surface area contributed by atoms with Crippen LogP contribution in [0.25, 0.3) is 0 Å². The first-order valence-corrected chi connectivity index (χ1v) is 16.8. The largest absolute Gasteiger partial charge is 0.456 e. The average Bonchev–Trinajstić information content (AvgIpc) is 3.30. The van der Waals surface area contributed by atoms with Gasteiger partial charge >= 0.3 is 18.2 Å². The molecular weight excluding hydrogens is 635 g/mol. The predicted molar refractivity (Wildman–Crippen MR) is 166 cm³/mol. The maximum Gasteiger partial charge on any atom is 0.456 e. The van der Waals surface area contributed by atoms with E-state index in [4.69, 9.17) is 4.74 Å². The Hall–Kier alpha value is -3.28. The predicted octanol–water partition coefficient (Wildman–Crippen LogP) is 7.21. The fraction of sp³-hybridized carbons (Fsp3) is 0.639. The Kier molecular flexibility index (Phi) is 8.40. The molecule has 5 atom stereocenters. The van der Waals surface area contributed by atoms with Gasteiger partial charge in [0.15, 0.2) is 5.78 Å². The van der Waals surface area contributed by atoms with E-state index in [9.17, 15) is 32.7 Å². The highest BCUT2D eigenvalue weighted by Crippen LogP contribution is 2.70. The van der Waals surface area contributed by atoms with Gasteiger partial charge in [-0.3, -0.25) is 9.59 Å². The third kappa shape index (κ3) is 5.55. The lowest BCUT2D eigenvalue weighted by atomic mass is 9.50. The van der Waals surface area contributed by atoms with Gasteiger partial charge in [-0.15, -0.1) is 0 Å². The van der Waals surface area contributed by atoms with Crippen molar-refractivity contribution in [2.45, 2.75) is 102 Å². The molecule has 0 radical (unpaired) electrons. The summed E-state index contributed by atoms with van der Waals surface area (Å²) in [5.74, 6) is -7.04. The van der Waals surface area contributed by atoms with Gasteiger partial charge in [-0.05, 0) is 106 Å². The number of hydrogen-bond donors (Lipinski definition) is 1. The van der Waals surface area contributed by atoms with Gasteiger partial charge in [0.05, 0.1) is 0 Å². The molecule has 1 aliphatic heterocycles. The quantitative estimate of drug-likeness (QED) is 0.342. The number of ether oxygens (including phenoxy) is 1. The number of ketones is 1. The zero-order chi connectivity index (χ0) is 35.0. The molecule has 7 nitrogen and oxygen atoms in total. The molecule has 5 aliphatic rings. The molecule has 1 aromatic carbocycles. The van der Waals surface area contributed by atoms with E-state index < -0.39 is 53.1 Å². The highest BCUT2D eigenvalue weighted by Gasteiger charge is 2.79. The maximum atomic E-state index is 15.3. The molecule has 48 heavy (non-hydrogen) atoms. The number of carbonyl (C=O) groups is 3. The van der Waals surface area contributed by atoms with E-state index in [0.29, 0.717) is 63.0 Å². The molecule has 0 aromatic heterocycles. The topological polar surface area (TPSA) is 87.2 Å². The average molecular weight is 679 g/mol. The zero-order valence-electron chi connectivity index (χ0n) is 27.8. The van der Waals surface area contributed by atoms with Crippen LogP contribution in [-0.4, -0.2) is 82.2 Å². The van der Waals surface area contributed by atoms with Crippen molar-refractivity contribution in [2.75, 3.05) is 26.2 Å². The molecule has 0 bridgehead atoms. The fourth-order valence-electron chi connectivity index (χ4n) is 9.17. The first kappa shape index (κ1) is 34.6. The third-order valence-corrected chi connectivity index (χ3v) is 11.5. The summed E-state index contributed by atoms with van der Waals surface area (Å²) >= 11 is 0. The van der Waals surface area contributed by atoms with Crippen LogP contribution in [0.15, 0.2) is 47.1 Å². The number of benzene rings is 1. The second-order valence-electron chi connectivity index (χ2n) is 15.3. The molecular formula is C36H43F5N2O5. The Morgan fingerprint density at radius 1 is 0.917 bits per heavy atom. The summed E-state index contributed by atoms with van der Waals surface area (Å²) in [4.78, 5) is 41.4. The normalized spacial score (nSPS) is 31.2. The number of hydrogen-bond acceptors (Lipinski definition) is 5. The van der Waals surface area contributed by atoms with E-state index in [0.717, 1.165) is 16.7 Å². The smallest absolute Gasteiger partial charge is 0.444 e. The van der Waals surface area contributed by atoms with Crippen LogP contribution in [0.5, 0.6) is 0 Å². The number of halogens is 5. The van der Waals surface area contributed by atoms with E-state index in [1.807, 2.05) is 0 Å². The minimum atomic E-state index is -5.92. The van der Waals surface area contributed by atoms with Crippen LogP contribution < -0.4 is 0 Å². The Bertz CT molecular complexity index is 1550. The van der Waals surface area contributed by atoms with E-state index in [2.05, 4.69) is 0 Å². The van der Waals surface area contributed by atoms with Crippen molar-refractivity contribution in [1.29, 1.82) is 0 Å². The summed E-state index contributed by atoms with van der Waals surface area (Å²) < 4.78 is 77.5. The summed E-state index contributed by atoms with van der Waals surface area (Å²) in [5, 5.41) is 11.5. The lowest BCUT2D eigenvalue weighted by Crippen LogP contribution is -2.65. The van der Waals surface area contributed by atoms with Crippen molar-refractivity contribution in [3.8, 4) is 0 Å². The van der Waals surface area contributed by atoms with Gasteiger partial charge in [0.1, 0.15) is 11.2 Å². The molecule has 1 N–H and O–H groups in total. The van der Waals surface area contributed by atoms with Gasteiger partial charge < -0.3 is 19.6 Å². The first-order chi connectivity index (χ1) is 22.3. The highest BCUT2D eigenvalue weighted by molar-refractivity contribution is 5.94. The van der Waals surface area contributed by atoms with Gasteiger partial charge in [-0.2, -0.15) is 22.0 Å². The number of fused-ring (bicyclic) bond motifs is 4. The van der Waals surface area contributed by atoms with Gasteiger partial charge in [0, 0.05) is 49.5 Å². The Morgan fingerprint density at radius 2 is 1.54 bits per heavy atom. The first-order valence-electron chi connectivity index (χ1n) is 16.8. The Morgan fingerprint density at radius 3 is 2.15 bits per heavy atom. The van der Waals surface area contributed by atoms with Crippen LogP contribution in [0.2, 0.25) is 0 Å². The van der Waals surface area contributed by atoms with E-state index in [1.54, 1.807) is 60.9 Å². The number of aliphatic hydroxyl groups is 1. The lowest BCUT2D eigenvalue weighted by molar-refractivity contribution is -0.362. The van der Waals surface area contributed by atoms with Crippen molar-refractivity contribution >= 4 is 17.8 Å². The third-order valence-electron chi connectivity index (χ3n) is 11.5. The summed E-state index contributed by atoms with van der Waals surface area (Å²) in [7, 11) is 0. The van der Waals surface area contributed by atoms with E-state index >= 15 is 8.78 Å². The SMILES string of the molecule is CC(C)(C)OC(=O)N1CCN(C(=O)c2ccc([C@H]3C[C@@]4(C)[C@@H](CC[C@@]4(O)C(F)(F)C(F)(F)F)[C@@H]4CCC5=CC(=O)CCC5=C43)cc2)CC1. The minimum Gasteiger partial charge on any atom is -0.444 e. The van der Waals surface area contributed by atoms with Gasteiger partial charge in [0.25, 0.3) is 5.91 Å². The highest BCUT2D eigenvalue weighted by atomic mass is 19.4. The molecule has 2 amide bonds. The fourth-order valence-corrected chi connectivity index (χ4v) is 9.17. The van der Waals surface area contributed by atoms with Gasteiger partial charge in [-0.25, -0.2) is 4.79 Å². The number of carbonyl (C=O) groups excluding carboxylic acids is 3. The number of rotatable bonds is 3. The number of nitrogens with zero attached hydrogens (tertiary/aromatic N) is 2. The van der Waals surface area contributed by atoms with E-state index in [1.165, 1.54) is 6.92 Å². The van der Waals surface area contributed by atoms with Crippen LogP contribution in [0.3, 0.4) is 0 Å². The molecule has 0 unspecified atom stereocenters. The summed E-state index contributed by atoms with van der Waals surface area (Å²) in [6.07, 6.45) is -3.68. The zero-order valence-corrected chi connectivity index (χ0v) is 27.8. The Balaban J connectivity index is 1.30. The standard InChI is InChI=1S/C36H43F5N2O5/c1-32(2,3)48-31(46)43-17-15-42(16-18-43)30(45)22-7-5-21(6-8-22)27-20-33(4)28(13-14-34(33,47)35(37,38)36(39,40)41)26-11-9-23-19-24(44)10-12-25(23)29(26)27/h5-8,19,26-28,47H,9-18,20H2,1-4H3/t26-,27+,28-,33-,34-/m0/s1. The lowest BCUT2D eigenvalue weighted by Gasteiger charge is -2.56. The van der Waals surface area contributed by atoms with Crippen molar-refractivity contribution in [1.82, 2.24) is 9.80 Å². The molecule has 3 fully saturated rings. The summed E-state index contributed by atoms with van der Waals surface area (Å²) in [5.41, 5.74) is -1.77. The molecule has 6 rings (SSSR count). The van der Waals surface area contributed by atoms with Gasteiger partial charge in [-0.1, -0.05) is 24.6 Å². The molecule has 1 saturated heterocycles. The van der Waals surface area contributed by atoms with Crippen LogP contribution in [0, 0.1) is 17.3 Å². The molecule has 1 aromatic rings. The van der Waals surface area contributed by atoms with Crippen molar-refractivity contribution in [3.63, 3.8) is 0 Å². The van der Waals surface area contributed by atoms with Crippen molar-refractivity contribution in [3.05, 3.63) is 58.2 Å². The molecule has 2 saturated carbocycles.